The molecule has 6 heteroatoms. The van der Waals surface area contributed by atoms with E-state index < -0.39 is 0 Å². The molecule has 0 bridgehead atoms. The molecule has 0 fully saturated rings. The molecule has 0 aliphatic heterocycles. The van der Waals surface area contributed by atoms with E-state index in [1.165, 1.54) is 22.9 Å². The second-order valence-corrected chi connectivity index (χ2v) is 8.74. The molecule has 0 unspecified atom stereocenters. The van der Waals surface area contributed by atoms with Gasteiger partial charge in [0.05, 0.1) is 20.2 Å². The summed E-state index contributed by atoms with van der Waals surface area (Å²) in [7, 11) is 0. The standard InChI is InChI=1S/C27H17FIN3O/c28-22-8-9-24-25(14-22)32-27(31-24)21(15-30)11-17-6-10-26(23(29)13-17)33-16-18-5-7-19-3-1-2-4-20(19)12-18/h1-14H,16H2,(H,31,32)/b21-11-. The van der Waals surface area contributed by atoms with E-state index in [4.69, 9.17) is 4.74 Å². The normalized spacial score (nSPS) is 11.6. The number of hydrogen-bond acceptors (Lipinski definition) is 3. The molecule has 1 N–H and O–H groups in total. The number of nitriles is 1. The topological polar surface area (TPSA) is 61.7 Å². The molecule has 5 rings (SSSR count). The van der Waals surface area contributed by atoms with Crippen LogP contribution < -0.4 is 4.74 Å². The molecular weight excluding hydrogens is 528 g/mol. The number of imidazole rings is 1. The van der Waals surface area contributed by atoms with Crippen LogP contribution in [0.5, 0.6) is 5.75 Å². The van der Waals surface area contributed by atoms with Gasteiger partial charge in [-0.3, -0.25) is 0 Å². The van der Waals surface area contributed by atoms with E-state index in [2.05, 4.69) is 69.0 Å². The van der Waals surface area contributed by atoms with Crippen LogP contribution in [0.3, 0.4) is 0 Å². The third kappa shape index (κ3) is 4.59. The lowest BCUT2D eigenvalue weighted by molar-refractivity contribution is 0.304. The zero-order valence-corrected chi connectivity index (χ0v) is 19.5. The summed E-state index contributed by atoms with van der Waals surface area (Å²) in [5.41, 5.74) is 3.48. The molecule has 0 aliphatic rings. The van der Waals surface area contributed by atoms with Crippen molar-refractivity contribution in [3.8, 4) is 11.8 Å². The van der Waals surface area contributed by atoms with Crippen LogP contribution in [0.15, 0.2) is 78.9 Å². The van der Waals surface area contributed by atoms with Crippen molar-refractivity contribution in [1.82, 2.24) is 9.97 Å². The second kappa shape index (κ2) is 9.04. The Morgan fingerprint density at radius 3 is 2.70 bits per heavy atom. The Morgan fingerprint density at radius 1 is 1.03 bits per heavy atom. The molecule has 33 heavy (non-hydrogen) atoms. The fraction of sp³-hybridized carbons (Fsp3) is 0.0370. The number of H-pyrrole nitrogens is 1. The van der Waals surface area contributed by atoms with Crippen molar-refractivity contribution in [1.29, 1.82) is 5.26 Å². The lowest BCUT2D eigenvalue weighted by atomic mass is 10.1. The lowest BCUT2D eigenvalue weighted by Gasteiger charge is -2.10. The summed E-state index contributed by atoms with van der Waals surface area (Å²) in [5, 5.41) is 12.0. The summed E-state index contributed by atoms with van der Waals surface area (Å²) in [6, 6.07) is 26.8. The number of halogens is 2. The number of hydrogen-bond donors (Lipinski definition) is 1. The highest BCUT2D eigenvalue weighted by atomic mass is 127. The van der Waals surface area contributed by atoms with Gasteiger partial charge in [0.1, 0.15) is 30.1 Å². The predicted molar refractivity (Wildman–Crippen MR) is 137 cm³/mol. The van der Waals surface area contributed by atoms with Gasteiger partial charge in [0, 0.05) is 0 Å². The highest BCUT2D eigenvalue weighted by Gasteiger charge is 2.10. The maximum Gasteiger partial charge on any atom is 0.149 e. The predicted octanol–water partition coefficient (Wildman–Crippen LogP) is 7.10. The SMILES string of the molecule is N#C/C(=C/c1ccc(OCc2ccc3ccccc3c2)c(I)c1)c1nc2ccc(F)cc2[nH]1. The Kier molecular flexibility index (Phi) is 5.80. The summed E-state index contributed by atoms with van der Waals surface area (Å²) in [4.78, 5) is 7.42. The van der Waals surface area contributed by atoms with Crippen LogP contribution in [0.1, 0.15) is 17.0 Å². The minimum Gasteiger partial charge on any atom is -0.488 e. The van der Waals surface area contributed by atoms with E-state index in [1.807, 2.05) is 30.3 Å². The second-order valence-electron chi connectivity index (χ2n) is 7.58. The highest BCUT2D eigenvalue weighted by Crippen LogP contribution is 2.26. The van der Waals surface area contributed by atoms with Crippen LogP contribution >= 0.6 is 22.6 Å². The maximum atomic E-state index is 13.5. The quantitative estimate of drug-likeness (QED) is 0.189. The van der Waals surface area contributed by atoms with E-state index in [0.717, 1.165) is 20.4 Å². The van der Waals surface area contributed by atoms with Gasteiger partial charge in [-0.2, -0.15) is 5.26 Å². The molecule has 1 aromatic heterocycles. The van der Waals surface area contributed by atoms with Crippen molar-refractivity contribution in [2.24, 2.45) is 0 Å². The van der Waals surface area contributed by atoms with Gasteiger partial charge in [-0.25, -0.2) is 9.37 Å². The lowest BCUT2D eigenvalue weighted by Crippen LogP contribution is -1.97. The van der Waals surface area contributed by atoms with E-state index >= 15 is 0 Å². The van der Waals surface area contributed by atoms with Gasteiger partial charge in [-0.15, -0.1) is 0 Å². The van der Waals surface area contributed by atoms with E-state index in [9.17, 15) is 9.65 Å². The fourth-order valence-electron chi connectivity index (χ4n) is 3.64. The Balaban J connectivity index is 1.35. The first-order valence-electron chi connectivity index (χ1n) is 10.3. The number of nitrogens with one attached hydrogen (secondary N) is 1. The number of allylic oxidation sites excluding steroid dienone is 1. The van der Waals surface area contributed by atoms with Crippen LogP contribution in [0, 0.1) is 20.7 Å². The minimum absolute atomic E-state index is 0.353. The van der Waals surface area contributed by atoms with Crippen molar-refractivity contribution in [2.45, 2.75) is 6.61 Å². The monoisotopic (exact) mass is 545 g/mol. The fourth-order valence-corrected chi connectivity index (χ4v) is 4.34. The van der Waals surface area contributed by atoms with Crippen LogP contribution in [-0.4, -0.2) is 9.97 Å². The van der Waals surface area contributed by atoms with Gasteiger partial charge in [0.15, 0.2) is 0 Å². The molecular formula is C27H17FIN3O. The zero-order valence-electron chi connectivity index (χ0n) is 17.3. The number of ether oxygens (including phenoxy) is 1. The summed E-state index contributed by atoms with van der Waals surface area (Å²) < 4.78 is 20.4. The van der Waals surface area contributed by atoms with E-state index in [0.29, 0.717) is 29.0 Å². The first-order chi connectivity index (χ1) is 16.1. The van der Waals surface area contributed by atoms with E-state index in [1.54, 1.807) is 12.1 Å². The molecule has 1 heterocycles. The van der Waals surface area contributed by atoms with Gasteiger partial charge < -0.3 is 9.72 Å². The first-order valence-corrected chi connectivity index (χ1v) is 11.3. The van der Waals surface area contributed by atoms with Crippen LogP contribution in [0.4, 0.5) is 4.39 Å². The van der Waals surface area contributed by atoms with E-state index in [-0.39, 0.29) is 5.82 Å². The number of fused-ring (bicyclic) bond motifs is 2. The minimum atomic E-state index is -0.353. The van der Waals surface area contributed by atoms with Gasteiger partial charge in [-0.05, 0) is 87.0 Å². The third-order valence-electron chi connectivity index (χ3n) is 5.29. The summed E-state index contributed by atoms with van der Waals surface area (Å²) in [6.45, 7) is 0.467. The smallest absolute Gasteiger partial charge is 0.149 e. The molecule has 0 atom stereocenters. The Hall–Kier alpha value is -3.70. The molecule has 0 aliphatic carbocycles. The number of nitrogens with zero attached hydrogens (tertiary/aromatic N) is 2. The Labute approximate surface area is 203 Å². The van der Waals surface area contributed by atoms with Crippen molar-refractivity contribution in [3.05, 3.63) is 105 Å². The molecule has 0 saturated heterocycles. The molecule has 5 aromatic rings. The molecule has 0 amide bonds. The summed E-state index contributed by atoms with van der Waals surface area (Å²) in [5.74, 6) is 0.831. The van der Waals surface area contributed by atoms with Crippen LogP contribution in [0.25, 0.3) is 33.5 Å². The number of aromatic amines is 1. The number of rotatable bonds is 5. The number of benzene rings is 4. The molecule has 0 radical (unpaired) electrons. The molecule has 4 aromatic carbocycles. The average Bonchev–Trinajstić information content (AvgIpc) is 3.24. The summed E-state index contributed by atoms with van der Waals surface area (Å²) in [6.07, 6.45) is 1.75. The molecule has 4 nitrogen and oxygen atoms in total. The zero-order chi connectivity index (χ0) is 22.8. The van der Waals surface area contributed by atoms with Crippen molar-refractivity contribution in [2.75, 3.05) is 0 Å². The summed E-state index contributed by atoms with van der Waals surface area (Å²) >= 11 is 2.23. The maximum absolute atomic E-state index is 13.5. The highest BCUT2D eigenvalue weighted by molar-refractivity contribution is 14.1. The molecule has 0 spiro atoms. The van der Waals surface area contributed by atoms with Gasteiger partial charge in [0.25, 0.3) is 0 Å². The number of aromatic nitrogens is 2. The Morgan fingerprint density at radius 2 is 1.88 bits per heavy atom. The third-order valence-corrected chi connectivity index (χ3v) is 6.14. The van der Waals surface area contributed by atoms with Crippen molar-refractivity contribution >= 4 is 56.0 Å². The van der Waals surface area contributed by atoms with Gasteiger partial charge in [-0.1, -0.05) is 42.5 Å². The first kappa shape index (κ1) is 21.2. The molecule has 0 saturated carbocycles. The molecule has 160 valence electrons. The van der Waals surface area contributed by atoms with Crippen molar-refractivity contribution in [3.63, 3.8) is 0 Å². The van der Waals surface area contributed by atoms with Crippen molar-refractivity contribution < 1.29 is 9.13 Å². The van der Waals surface area contributed by atoms with Gasteiger partial charge >= 0.3 is 0 Å². The largest absolute Gasteiger partial charge is 0.488 e. The Bertz CT molecular complexity index is 1570. The average molecular weight is 545 g/mol. The van der Waals surface area contributed by atoms with Crippen LogP contribution in [-0.2, 0) is 6.61 Å². The van der Waals surface area contributed by atoms with Crippen LogP contribution in [0.2, 0.25) is 0 Å². The van der Waals surface area contributed by atoms with Gasteiger partial charge in [0.2, 0.25) is 0 Å².